The first-order valence-corrected chi connectivity index (χ1v) is 7.23. The topological polar surface area (TPSA) is 22.4 Å². The summed E-state index contributed by atoms with van der Waals surface area (Å²) in [7, 11) is 0. The van der Waals surface area contributed by atoms with Gasteiger partial charge in [-0.05, 0) is 30.9 Å². The lowest BCUT2D eigenvalue weighted by Gasteiger charge is -2.09. The van der Waals surface area contributed by atoms with Gasteiger partial charge in [0.2, 0.25) is 0 Å². The molecule has 1 heterocycles. The van der Waals surface area contributed by atoms with Crippen LogP contribution in [0.5, 0.6) is 0 Å². The SMILES string of the molecule is CC(C)COCCCC(C)c1cc2ccccc2o1. The zero-order valence-electron chi connectivity index (χ0n) is 12.2. The third-order valence-electron chi connectivity index (χ3n) is 3.31. The molecule has 0 aliphatic carbocycles. The van der Waals surface area contributed by atoms with E-state index in [-0.39, 0.29) is 0 Å². The van der Waals surface area contributed by atoms with Crippen LogP contribution in [0, 0.1) is 5.92 Å². The number of hydrogen-bond donors (Lipinski definition) is 0. The zero-order valence-corrected chi connectivity index (χ0v) is 12.2. The Morgan fingerprint density at radius 2 is 1.95 bits per heavy atom. The van der Waals surface area contributed by atoms with Gasteiger partial charge in [0.05, 0.1) is 0 Å². The Balaban J connectivity index is 1.81. The highest BCUT2D eigenvalue weighted by molar-refractivity contribution is 5.77. The molecule has 0 spiro atoms. The number of para-hydroxylation sites is 1. The van der Waals surface area contributed by atoms with Gasteiger partial charge in [0.15, 0.2) is 0 Å². The number of ether oxygens (including phenoxy) is 1. The van der Waals surface area contributed by atoms with Crippen molar-refractivity contribution in [2.75, 3.05) is 13.2 Å². The number of furan rings is 1. The van der Waals surface area contributed by atoms with Crippen LogP contribution in [0.25, 0.3) is 11.0 Å². The normalized spacial score (nSPS) is 13.3. The zero-order chi connectivity index (χ0) is 13.7. The van der Waals surface area contributed by atoms with E-state index in [1.807, 2.05) is 18.2 Å². The first-order valence-electron chi connectivity index (χ1n) is 7.23. The quantitative estimate of drug-likeness (QED) is 0.654. The summed E-state index contributed by atoms with van der Waals surface area (Å²) >= 11 is 0. The Labute approximate surface area is 115 Å². The van der Waals surface area contributed by atoms with Crippen LogP contribution in [-0.2, 0) is 4.74 Å². The van der Waals surface area contributed by atoms with Gasteiger partial charge in [-0.15, -0.1) is 0 Å². The average Bonchev–Trinajstić information content (AvgIpc) is 2.81. The summed E-state index contributed by atoms with van der Waals surface area (Å²) in [5.41, 5.74) is 0.986. The lowest BCUT2D eigenvalue weighted by Crippen LogP contribution is -2.04. The highest BCUT2D eigenvalue weighted by atomic mass is 16.5. The fourth-order valence-electron chi connectivity index (χ4n) is 2.20. The van der Waals surface area contributed by atoms with E-state index in [0.717, 1.165) is 37.4 Å². The van der Waals surface area contributed by atoms with E-state index in [4.69, 9.17) is 9.15 Å². The lowest BCUT2D eigenvalue weighted by molar-refractivity contribution is 0.105. The Morgan fingerprint density at radius 3 is 2.68 bits per heavy atom. The van der Waals surface area contributed by atoms with Gasteiger partial charge in [-0.1, -0.05) is 39.0 Å². The summed E-state index contributed by atoms with van der Waals surface area (Å²) in [5, 5.41) is 1.19. The number of fused-ring (bicyclic) bond motifs is 1. The summed E-state index contributed by atoms with van der Waals surface area (Å²) in [4.78, 5) is 0. The van der Waals surface area contributed by atoms with E-state index in [1.54, 1.807) is 0 Å². The van der Waals surface area contributed by atoms with Crippen LogP contribution in [0.4, 0.5) is 0 Å². The molecule has 1 unspecified atom stereocenters. The second kappa shape index (κ2) is 6.76. The number of rotatable bonds is 7. The fraction of sp³-hybridized carbons (Fsp3) is 0.529. The second-order valence-corrected chi connectivity index (χ2v) is 5.70. The van der Waals surface area contributed by atoms with Gasteiger partial charge in [0, 0.05) is 24.5 Å². The molecule has 19 heavy (non-hydrogen) atoms. The van der Waals surface area contributed by atoms with Crippen molar-refractivity contribution in [1.29, 1.82) is 0 Å². The summed E-state index contributed by atoms with van der Waals surface area (Å²) in [6.45, 7) is 8.29. The van der Waals surface area contributed by atoms with Gasteiger partial charge < -0.3 is 9.15 Å². The van der Waals surface area contributed by atoms with Gasteiger partial charge >= 0.3 is 0 Å². The predicted molar refractivity (Wildman–Crippen MR) is 79.5 cm³/mol. The molecule has 0 aliphatic heterocycles. The van der Waals surface area contributed by atoms with Crippen molar-refractivity contribution >= 4 is 11.0 Å². The molecule has 104 valence electrons. The maximum absolute atomic E-state index is 5.88. The third-order valence-corrected chi connectivity index (χ3v) is 3.31. The largest absolute Gasteiger partial charge is 0.461 e. The fourth-order valence-corrected chi connectivity index (χ4v) is 2.20. The van der Waals surface area contributed by atoms with Crippen molar-refractivity contribution < 1.29 is 9.15 Å². The average molecular weight is 260 g/mol. The van der Waals surface area contributed by atoms with Crippen molar-refractivity contribution in [2.24, 2.45) is 5.92 Å². The van der Waals surface area contributed by atoms with Gasteiger partial charge in [-0.2, -0.15) is 0 Å². The molecule has 0 aliphatic rings. The Kier molecular flexibility index (Phi) is 5.03. The molecule has 0 saturated heterocycles. The maximum atomic E-state index is 5.88. The minimum atomic E-state index is 0.454. The third kappa shape index (κ3) is 4.10. The van der Waals surface area contributed by atoms with E-state index in [0.29, 0.717) is 11.8 Å². The highest BCUT2D eigenvalue weighted by Gasteiger charge is 2.11. The molecule has 2 nitrogen and oxygen atoms in total. The van der Waals surface area contributed by atoms with E-state index < -0.39 is 0 Å². The minimum Gasteiger partial charge on any atom is -0.461 e. The van der Waals surface area contributed by atoms with Crippen molar-refractivity contribution in [1.82, 2.24) is 0 Å². The van der Waals surface area contributed by atoms with Gasteiger partial charge in [0.1, 0.15) is 11.3 Å². The molecular formula is C17H24O2. The van der Waals surface area contributed by atoms with Gasteiger partial charge in [-0.25, -0.2) is 0 Å². The molecule has 1 aromatic carbocycles. The Hall–Kier alpha value is -1.28. The van der Waals surface area contributed by atoms with E-state index >= 15 is 0 Å². The molecule has 2 aromatic rings. The highest BCUT2D eigenvalue weighted by Crippen LogP contribution is 2.27. The van der Waals surface area contributed by atoms with E-state index in [2.05, 4.69) is 32.9 Å². The first kappa shape index (κ1) is 14.1. The molecular weight excluding hydrogens is 236 g/mol. The van der Waals surface area contributed by atoms with Crippen molar-refractivity contribution in [3.63, 3.8) is 0 Å². The predicted octanol–water partition coefficient (Wildman–Crippen LogP) is 4.99. The molecule has 0 bridgehead atoms. The van der Waals surface area contributed by atoms with Crippen molar-refractivity contribution in [2.45, 2.75) is 39.5 Å². The summed E-state index contributed by atoms with van der Waals surface area (Å²) < 4.78 is 11.5. The molecule has 0 fully saturated rings. The monoisotopic (exact) mass is 260 g/mol. The molecule has 0 amide bonds. The second-order valence-electron chi connectivity index (χ2n) is 5.70. The molecule has 0 N–H and O–H groups in total. The van der Waals surface area contributed by atoms with Crippen LogP contribution in [0.15, 0.2) is 34.7 Å². The van der Waals surface area contributed by atoms with Crippen LogP contribution >= 0.6 is 0 Å². The number of hydrogen-bond acceptors (Lipinski definition) is 2. The minimum absolute atomic E-state index is 0.454. The molecule has 2 rings (SSSR count). The standard InChI is InChI=1S/C17H24O2/c1-13(2)12-18-10-6-7-14(3)17-11-15-8-4-5-9-16(15)19-17/h4-5,8-9,11,13-14H,6-7,10,12H2,1-3H3. The smallest absolute Gasteiger partial charge is 0.134 e. The van der Waals surface area contributed by atoms with E-state index in [1.165, 1.54) is 5.39 Å². The van der Waals surface area contributed by atoms with Crippen LogP contribution in [-0.4, -0.2) is 13.2 Å². The summed E-state index contributed by atoms with van der Waals surface area (Å²) in [6.07, 6.45) is 2.20. The van der Waals surface area contributed by atoms with Crippen LogP contribution < -0.4 is 0 Å². The number of benzene rings is 1. The first-order chi connectivity index (χ1) is 9.16. The van der Waals surface area contributed by atoms with Crippen molar-refractivity contribution in [3.05, 3.63) is 36.1 Å². The molecule has 1 atom stereocenters. The molecule has 2 heteroatoms. The Morgan fingerprint density at radius 1 is 1.16 bits per heavy atom. The van der Waals surface area contributed by atoms with E-state index in [9.17, 15) is 0 Å². The van der Waals surface area contributed by atoms with Crippen LogP contribution in [0.1, 0.15) is 45.3 Å². The van der Waals surface area contributed by atoms with Crippen LogP contribution in [0.2, 0.25) is 0 Å². The van der Waals surface area contributed by atoms with Gasteiger partial charge in [-0.3, -0.25) is 0 Å². The lowest BCUT2D eigenvalue weighted by atomic mass is 10.0. The molecule has 0 saturated carbocycles. The molecule has 1 aromatic heterocycles. The van der Waals surface area contributed by atoms with Gasteiger partial charge in [0.25, 0.3) is 0 Å². The summed E-state index contributed by atoms with van der Waals surface area (Å²) in [5.74, 6) is 2.16. The maximum Gasteiger partial charge on any atom is 0.134 e. The Bertz CT molecular complexity index is 466. The molecule has 0 radical (unpaired) electrons. The summed E-state index contributed by atoms with van der Waals surface area (Å²) in [6, 6.07) is 10.3. The van der Waals surface area contributed by atoms with Crippen molar-refractivity contribution in [3.8, 4) is 0 Å². The van der Waals surface area contributed by atoms with Crippen LogP contribution in [0.3, 0.4) is 0 Å².